The van der Waals surface area contributed by atoms with Crippen LogP contribution in [0.15, 0.2) is 150 Å². The molecule has 8 rings (SSSR count). The maximum Gasteiger partial charge on any atom is 0.103 e. The summed E-state index contributed by atoms with van der Waals surface area (Å²) in [4.78, 5) is 0. The first-order valence-electron chi connectivity index (χ1n) is 13.9. The predicted octanol–water partition coefficient (Wildman–Crippen LogP) is 11.7. The highest BCUT2D eigenvalue weighted by atomic mass is 79.9. The summed E-state index contributed by atoms with van der Waals surface area (Å²) in [6, 6.07) is 44.2. The first-order valence-corrected chi connectivity index (χ1v) is 14.7. The van der Waals surface area contributed by atoms with E-state index in [1.54, 1.807) is 0 Å². The Morgan fingerprint density at radius 1 is 0.415 bits per heavy atom. The molecular formula is C40H24Br+. The molecule has 0 unspecified atom stereocenters. The average molecular weight is 585 g/mol. The van der Waals surface area contributed by atoms with Gasteiger partial charge in [0, 0.05) is 16.1 Å². The van der Waals surface area contributed by atoms with Gasteiger partial charge in [-0.2, -0.15) is 0 Å². The number of hydrogen-bond donors (Lipinski definition) is 0. The van der Waals surface area contributed by atoms with Crippen molar-refractivity contribution in [3.63, 3.8) is 0 Å². The van der Waals surface area contributed by atoms with E-state index in [4.69, 9.17) is 0 Å². The van der Waals surface area contributed by atoms with E-state index in [1.807, 2.05) is 12.2 Å². The first-order chi connectivity index (χ1) is 20.3. The monoisotopic (exact) mass is 583 g/mol. The van der Waals surface area contributed by atoms with E-state index in [-0.39, 0.29) is 0 Å². The summed E-state index contributed by atoms with van der Waals surface area (Å²) in [5, 5.41) is 10.0. The van der Waals surface area contributed by atoms with Crippen LogP contribution in [-0.4, -0.2) is 0 Å². The highest BCUT2D eigenvalue weighted by Crippen LogP contribution is 2.45. The fourth-order valence-corrected chi connectivity index (χ4v) is 7.19. The molecule has 7 aromatic rings. The fourth-order valence-electron chi connectivity index (χ4n) is 6.49. The Balaban J connectivity index is 1.38. The summed E-state index contributed by atoms with van der Waals surface area (Å²) in [5.41, 5.74) is 7.49. The van der Waals surface area contributed by atoms with Crippen molar-refractivity contribution < 1.29 is 0 Å². The number of benzene rings is 7. The van der Waals surface area contributed by atoms with Crippen LogP contribution < -0.4 is 0 Å². The lowest BCUT2D eigenvalue weighted by Gasteiger charge is -2.18. The Bertz CT molecular complexity index is 2130. The molecule has 0 spiro atoms. The molecule has 190 valence electrons. The normalized spacial score (nSPS) is 12.8. The van der Waals surface area contributed by atoms with Gasteiger partial charge in [-0.25, -0.2) is 0 Å². The number of hydrogen-bond acceptors (Lipinski definition) is 0. The first kappa shape index (κ1) is 24.0. The molecule has 0 N–H and O–H groups in total. The molecule has 0 nitrogen and oxygen atoms in total. The summed E-state index contributed by atoms with van der Waals surface area (Å²) in [7, 11) is 0. The van der Waals surface area contributed by atoms with Crippen LogP contribution in [0, 0.1) is 6.08 Å². The van der Waals surface area contributed by atoms with Crippen molar-refractivity contribution in [3.8, 4) is 22.3 Å². The summed E-state index contributed by atoms with van der Waals surface area (Å²) in [6.07, 6.45) is 11.5. The Kier molecular flexibility index (Phi) is 5.67. The number of fused-ring (bicyclic) bond motifs is 4. The summed E-state index contributed by atoms with van der Waals surface area (Å²) in [5.74, 6) is 0. The SMILES string of the molecule is Brc1c2ccccc2c(-c2ccc(-c3c4ccccc4c(C4=CC=[C+]C=C4)c4ccccc34)cc2)c2ccccc12. The molecule has 0 fully saturated rings. The van der Waals surface area contributed by atoms with E-state index < -0.39 is 0 Å². The van der Waals surface area contributed by atoms with E-state index >= 15 is 0 Å². The molecule has 1 aliphatic carbocycles. The minimum absolute atomic E-state index is 1.15. The zero-order valence-electron chi connectivity index (χ0n) is 22.2. The molecule has 0 aliphatic heterocycles. The van der Waals surface area contributed by atoms with Crippen LogP contribution in [0.3, 0.4) is 0 Å². The second-order valence-electron chi connectivity index (χ2n) is 10.5. The predicted molar refractivity (Wildman–Crippen MR) is 180 cm³/mol. The minimum atomic E-state index is 1.15. The van der Waals surface area contributed by atoms with Crippen LogP contribution in [0.2, 0.25) is 0 Å². The molecular weight excluding hydrogens is 560 g/mol. The third-order valence-electron chi connectivity index (χ3n) is 8.27. The molecule has 0 radical (unpaired) electrons. The molecule has 0 saturated carbocycles. The van der Waals surface area contributed by atoms with Gasteiger partial charge in [-0.15, -0.1) is 0 Å². The van der Waals surface area contributed by atoms with Crippen LogP contribution in [0.1, 0.15) is 5.56 Å². The van der Waals surface area contributed by atoms with Crippen molar-refractivity contribution in [1.29, 1.82) is 0 Å². The second kappa shape index (κ2) is 9.68. The topological polar surface area (TPSA) is 0 Å². The van der Waals surface area contributed by atoms with Crippen LogP contribution in [0.4, 0.5) is 0 Å². The molecule has 1 aliphatic rings. The van der Waals surface area contributed by atoms with Gasteiger partial charge < -0.3 is 0 Å². The minimum Gasteiger partial charge on any atom is -0.0616 e. The van der Waals surface area contributed by atoms with Crippen molar-refractivity contribution >= 4 is 64.6 Å². The Labute approximate surface area is 247 Å². The van der Waals surface area contributed by atoms with Crippen LogP contribution in [-0.2, 0) is 0 Å². The van der Waals surface area contributed by atoms with Gasteiger partial charge in [-0.05, 0) is 81.3 Å². The standard InChI is InChI=1S/C40H24Br/c41-40-35-20-10-8-18-33(35)39(34-19-9-11-21-36(34)40)28-24-22-27(23-25-28)38-31-16-6-4-14-29(31)37(26-12-2-1-3-13-26)30-15-5-7-17-32(30)38/h2-25H/q+1. The van der Waals surface area contributed by atoms with Gasteiger partial charge in [0.25, 0.3) is 0 Å². The van der Waals surface area contributed by atoms with Gasteiger partial charge in [0.2, 0.25) is 0 Å². The molecule has 0 aromatic heterocycles. The number of halogens is 1. The Morgan fingerprint density at radius 2 is 0.780 bits per heavy atom. The maximum absolute atomic E-state index is 3.90. The van der Waals surface area contributed by atoms with Crippen molar-refractivity contribution in [3.05, 3.63) is 162 Å². The van der Waals surface area contributed by atoms with Gasteiger partial charge in [0.05, 0.1) is 17.7 Å². The molecule has 0 amide bonds. The molecule has 41 heavy (non-hydrogen) atoms. The number of allylic oxidation sites excluding steroid dienone is 6. The van der Waals surface area contributed by atoms with E-state index in [2.05, 4.69) is 155 Å². The lowest BCUT2D eigenvalue weighted by molar-refractivity contribution is 1.64. The van der Waals surface area contributed by atoms with Crippen molar-refractivity contribution in [2.75, 3.05) is 0 Å². The van der Waals surface area contributed by atoms with Gasteiger partial charge in [-0.1, -0.05) is 121 Å². The van der Waals surface area contributed by atoms with Gasteiger partial charge >= 0.3 is 0 Å². The van der Waals surface area contributed by atoms with Crippen molar-refractivity contribution in [2.24, 2.45) is 0 Å². The van der Waals surface area contributed by atoms with Crippen molar-refractivity contribution in [1.82, 2.24) is 0 Å². The van der Waals surface area contributed by atoms with Crippen LogP contribution in [0.25, 0.3) is 70.9 Å². The molecule has 0 atom stereocenters. The quantitative estimate of drug-likeness (QED) is 0.143. The molecule has 1 heteroatoms. The zero-order chi connectivity index (χ0) is 27.3. The zero-order valence-corrected chi connectivity index (χ0v) is 23.8. The summed E-state index contributed by atoms with van der Waals surface area (Å²) in [6.45, 7) is 0. The largest absolute Gasteiger partial charge is 0.103 e. The molecule has 0 bridgehead atoms. The van der Waals surface area contributed by atoms with E-state index in [9.17, 15) is 0 Å². The van der Waals surface area contributed by atoms with Crippen LogP contribution in [0.5, 0.6) is 0 Å². The fraction of sp³-hybridized carbons (Fsp3) is 0. The summed E-state index contributed by atoms with van der Waals surface area (Å²) >= 11 is 3.90. The van der Waals surface area contributed by atoms with Crippen LogP contribution >= 0.6 is 15.9 Å². The number of rotatable bonds is 3. The lowest BCUT2D eigenvalue weighted by Crippen LogP contribution is -1.93. The second-order valence-corrected chi connectivity index (χ2v) is 11.3. The molecule has 7 aromatic carbocycles. The average Bonchev–Trinajstić information content (AvgIpc) is 3.04. The third-order valence-corrected chi connectivity index (χ3v) is 9.12. The summed E-state index contributed by atoms with van der Waals surface area (Å²) < 4.78 is 1.15. The van der Waals surface area contributed by atoms with Gasteiger partial charge in [-0.3, -0.25) is 0 Å². The highest BCUT2D eigenvalue weighted by molar-refractivity contribution is 9.10. The Morgan fingerprint density at radius 3 is 1.17 bits per heavy atom. The molecule has 0 heterocycles. The maximum atomic E-state index is 3.90. The van der Waals surface area contributed by atoms with Gasteiger partial charge in [0.1, 0.15) is 12.2 Å². The van der Waals surface area contributed by atoms with Gasteiger partial charge in [0.15, 0.2) is 0 Å². The van der Waals surface area contributed by atoms with E-state index in [0.717, 1.165) is 4.47 Å². The third kappa shape index (κ3) is 3.79. The highest BCUT2D eigenvalue weighted by Gasteiger charge is 2.20. The lowest BCUT2D eigenvalue weighted by atomic mass is 9.84. The smallest absolute Gasteiger partial charge is 0.0616 e. The molecule has 0 saturated heterocycles. The van der Waals surface area contributed by atoms with E-state index in [1.165, 1.54) is 76.5 Å². The Hall–Kier alpha value is -4.81. The van der Waals surface area contributed by atoms with E-state index in [0.29, 0.717) is 0 Å². The van der Waals surface area contributed by atoms with Crippen molar-refractivity contribution in [2.45, 2.75) is 0 Å².